The van der Waals surface area contributed by atoms with E-state index in [0.29, 0.717) is 12.5 Å². The molecular formula is C18H22N2O. The van der Waals surface area contributed by atoms with E-state index in [-0.39, 0.29) is 5.91 Å². The topological polar surface area (TPSA) is 41.1 Å². The first-order valence-corrected chi connectivity index (χ1v) is 7.34. The first-order valence-electron chi connectivity index (χ1n) is 7.34. The van der Waals surface area contributed by atoms with E-state index in [1.165, 1.54) is 5.56 Å². The van der Waals surface area contributed by atoms with Crippen molar-refractivity contribution in [2.24, 2.45) is 0 Å². The van der Waals surface area contributed by atoms with Crippen molar-refractivity contribution in [3.05, 3.63) is 65.7 Å². The fraction of sp³-hybridized carbons (Fsp3) is 0.278. The maximum absolute atomic E-state index is 11.3. The summed E-state index contributed by atoms with van der Waals surface area (Å²) in [5.74, 6) is 0.0337. The van der Waals surface area contributed by atoms with Gasteiger partial charge in [0.05, 0.1) is 12.5 Å². The molecule has 2 rings (SSSR count). The van der Waals surface area contributed by atoms with Crippen LogP contribution in [0.25, 0.3) is 0 Å². The third-order valence-corrected chi connectivity index (χ3v) is 3.55. The Morgan fingerprint density at radius 2 is 1.71 bits per heavy atom. The zero-order chi connectivity index (χ0) is 15.1. The zero-order valence-corrected chi connectivity index (χ0v) is 12.6. The number of amides is 1. The highest BCUT2D eigenvalue weighted by Gasteiger charge is 2.08. The van der Waals surface area contributed by atoms with Crippen molar-refractivity contribution in [2.75, 3.05) is 12.4 Å². The highest BCUT2D eigenvalue weighted by atomic mass is 16.1. The molecule has 3 nitrogen and oxygen atoms in total. The Morgan fingerprint density at radius 3 is 2.29 bits per heavy atom. The summed E-state index contributed by atoms with van der Waals surface area (Å²) in [4.78, 5) is 11.3. The predicted octanol–water partition coefficient (Wildman–Crippen LogP) is 3.54. The van der Waals surface area contributed by atoms with Crippen LogP contribution in [0.2, 0.25) is 0 Å². The summed E-state index contributed by atoms with van der Waals surface area (Å²) in [5, 5.41) is 6.18. The molecule has 2 aromatic rings. The van der Waals surface area contributed by atoms with Gasteiger partial charge >= 0.3 is 0 Å². The van der Waals surface area contributed by atoms with Crippen LogP contribution in [0.3, 0.4) is 0 Å². The second-order valence-electron chi connectivity index (χ2n) is 5.06. The summed E-state index contributed by atoms with van der Waals surface area (Å²) in [6.45, 7) is 2.17. The Bertz CT molecular complexity index is 564. The van der Waals surface area contributed by atoms with E-state index in [4.69, 9.17) is 0 Å². The van der Waals surface area contributed by atoms with Gasteiger partial charge in [-0.25, -0.2) is 0 Å². The fourth-order valence-electron chi connectivity index (χ4n) is 2.30. The molecule has 0 aromatic heterocycles. The lowest BCUT2D eigenvalue weighted by molar-refractivity contribution is -0.119. The minimum atomic E-state index is 0.0337. The van der Waals surface area contributed by atoms with Crippen molar-refractivity contribution in [3.63, 3.8) is 0 Å². The van der Waals surface area contributed by atoms with Gasteiger partial charge in [0.1, 0.15) is 0 Å². The lowest BCUT2D eigenvalue weighted by Gasteiger charge is -2.19. The van der Waals surface area contributed by atoms with Crippen molar-refractivity contribution in [1.29, 1.82) is 0 Å². The van der Waals surface area contributed by atoms with Crippen LogP contribution in [0.4, 0.5) is 5.69 Å². The van der Waals surface area contributed by atoms with Crippen LogP contribution in [-0.2, 0) is 11.2 Å². The van der Waals surface area contributed by atoms with Crippen molar-refractivity contribution in [2.45, 2.75) is 25.8 Å². The Kier molecular flexibility index (Phi) is 5.38. The Balaban J connectivity index is 2.03. The van der Waals surface area contributed by atoms with Gasteiger partial charge in [-0.15, -0.1) is 0 Å². The Morgan fingerprint density at radius 1 is 1.05 bits per heavy atom. The van der Waals surface area contributed by atoms with Crippen molar-refractivity contribution in [1.82, 2.24) is 5.32 Å². The monoisotopic (exact) mass is 282 g/mol. The summed E-state index contributed by atoms with van der Waals surface area (Å²) in [5.41, 5.74) is 3.38. The van der Waals surface area contributed by atoms with E-state index in [9.17, 15) is 4.79 Å². The standard InChI is InChI=1S/C18H22N2O/c1-3-17(15-7-5-4-6-8-15)20-16-11-9-14(10-12-16)13-18(21)19-2/h4-12,17,20H,3,13H2,1-2H3,(H,19,21). The van der Waals surface area contributed by atoms with Gasteiger partial charge in [-0.05, 0) is 29.7 Å². The molecule has 0 aliphatic rings. The molecule has 2 aromatic carbocycles. The van der Waals surface area contributed by atoms with Gasteiger partial charge in [0.2, 0.25) is 5.91 Å². The highest BCUT2D eigenvalue weighted by molar-refractivity contribution is 5.78. The molecule has 0 aliphatic carbocycles. The normalized spacial score (nSPS) is 11.7. The number of benzene rings is 2. The molecule has 1 unspecified atom stereocenters. The summed E-state index contributed by atoms with van der Waals surface area (Å²) in [6, 6.07) is 18.8. The van der Waals surface area contributed by atoms with Crippen LogP contribution >= 0.6 is 0 Å². The summed E-state index contributed by atoms with van der Waals surface area (Å²) in [7, 11) is 1.66. The SMILES string of the molecule is CCC(Nc1ccc(CC(=O)NC)cc1)c1ccccc1. The van der Waals surface area contributed by atoms with E-state index in [1.54, 1.807) is 7.05 Å². The molecule has 0 fully saturated rings. The first kappa shape index (κ1) is 15.1. The molecule has 3 heteroatoms. The predicted molar refractivity (Wildman–Crippen MR) is 87.3 cm³/mol. The molecule has 1 atom stereocenters. The lowest BCUT2D eigenvalue weighted by atomic mass is 10.0. The number of carbonyl (C=O) groups is 1. The fourth-order valence-corrected chi connectivity index (χ4v) is 2.30. The zero-order valence-electron chi connectivity index (χ0n) is 12.6. The molecule has 0 saturated carbocycles. The molecule has 0 bridgehead atoms. The van der Waals surface area contributed by atoms with E-state index >= 15 is 0 Å². The summed E-state index contributed by atoms with van der Waals surface area (Å²) in [6.07, 6.45) is 1.44. The maximum Gasteiger partial charge on any atom is 0.224 e. The van der Waals surface area contributed by atoms with Crippen LogP contribution in [-0.4, -0.2) is 13.0 Å². The average Bonchev–Trinajstić information content (AvgIpc) is 2.54. The van der Waals surface area contributed by atoms with Gasteiger partial charge in [0.15, 0.2) is 0 Å². The van der Waals surface area contributed by atoms with Crippen LogP contribution in [0.15, 0.2) is 54.6 Å². The molecule has 1 amide bonds. The molecule has 0 aliphatic heterocycles. The van der Waals surface area contributed by atoms with Gasteiger partial charge in [-0.3, -0.25) is 4.79 Å². The number of rotatable bonds is 6. The molecule has 110 valence electrons. The highest BCUT2D eigenvalue weighted by Crippen LogP contribution is 2.22. The summed E-state index contributed by atoms with van der Waals surface area (Å²) >= 11 is 0. The average molecular weight is 282 g/mol. The minimum absolute atomic E-state index is 0.0337. The molecule has 0 radical (unpaired) electrons. The Labute approximate surface area is 126 Å². The number of hydrogen-bond donors (Lipinski definition) is 2. The van der Waals surface area contributed by atoms with E-state index in [1.807, 2.05) is 30.3 Å². The van der Waals surface area contributed by atoms with Crippen LogP contribution in [0.5, 0.6) is 0 Å². The number of anilines is 1. The van der Waals surface area contributed by atoms with E-state index < -0.39 is 0 Å². The molecule has 0 heterocycles. The number of likely N-dealkylation sites (N-methyl/N-ethyl adjacent to an activating group) is 1. The second kappa shape index (κ2) is 7.48. The van der Waals surface area contributed by atoms with Gasteiger partial charge in [-0.1, -0.05) is 49.4 Å². The van der Waals surface area contributed by atoms with Crippen molar-refractivity contribution < 1.29 is 4.79 Å². The van der Waals surface area contributed by atoms with Crippen molar-refractivity contribution >= 4 is 11.6 Å². The van der Waals surface area contributed by atoms with Crippen LogP contribution in [0, 0.1) is 0 Å². The third kappa shape index (κ3) is 4.35. The first-order chi connectivity index (χ1) is 10.2. The van der Waals surface area contributed by atoms with E-state index in [2.05, 4.69) is 41.8 Å². The maximum atomic E-state index is 11.3. The quantitative estimate of drug-likeness (QED) is 0.851. The molecule has 2 N–H and O–H groups in total. The minimum Gasteiger partial charge on any atom is -0.378 e. The molecular weight excluding hydrogens is 260 g/mol. The smallest absolute Gasteiger partial charge is 0.224 e. The van der Waals surface area contributed by atoms with Gasteiger partial charge < -0.3 is 10.6 Å². The lowest BCUT2D eigenvalue weighted by Crippen LogP contribution is -2.19. The third-order valence-electron chi connectivity index (χ3n) is 3.55. The summed E-state index contributed by atoms with van der Waals surface area (Å²) < 4.78 is 0. The number of hydrogen-bond acceptors (Lipinski definition) is 2. The van der Waals surface area contributed by atoms with Gasteiger partial charge in [0, 0.05) is 12.7 Å². The van der Waals surface area contributed by atoms with Gasteiger partial charge in [-0.2, -0.15) is 0 Å². The molecule has 21 heavy (non-hydrogen) atoms. The van der Waals surface area contributed by atoms with Gasteiger partial charge in [0.25, 0.3) is 0 Å². The van der Waals surface area contributed by atoms with Crippen LogP contribution < -0.4 is 10.6 Å². The van der Waals surface area contributed by atoms with Crippen molar-refractivity contribution in [3.8, 4) is 0 Å². The van der Waals surface area contributed by atoms with Crippen LogP contribution in [0.1, 0.15) is 30.5 Å². The number of carbonyl (C=O) groups excluding carboxylic acids is 1. The molecule has 0 saturated heterocycles. The molecule has 0 spiro atoms. The largest absolute Gasteiger partial charge is 0.378 e. The van der Waals surface area contributed by atoms with E-state index in [0.717, 1.165) is 17.7 Å². The second-order valence-corrected chi connectivity index (χ2v) is 5.06. The number of nitrogens with one attached hydrogen (secondary N) is 2. The Hall–Kier alpha value is -2.29.